The van der Waals surface area contributed by atoms with Crippen molar-refractivity contribution >= 4 is 5.91 Å². The van der Waals surface area contributed by atoms with Crippen molar-refractivity contribution in [2.24, 2.45) is 0 Å². The van der Waals surface area contributed by atoms with Gasteiger partial charge in [-0.05, 0) is 57.4 Å². The van der Waals surface area contributed by atoms with E-state index in [1.54, 1.807) is 19.4 Å². The summed E-state index contributed by atoms with van der Waals surface area (Å²) in [7, 11) is 1.57. The predicted octanol–water partition coefficient (Wildman–Crippen LogP) is 3.27. The van der Waals surface area contributed by atoms with E-state index in [2.05, 4.69) is 30.6 Å². The maximum absolute atomic E-state index is 13.3. The van der Waals surface area contributed by atoms with Crippen molar-refractivity contribution in [1.29, 1.82) is 0 Å². The van der Waals surface area contributed by atoms with Crippen LogP contribution < -0.4 is 5.32 Å². The van der Waals surface area contributed by atoms with Crippen LogP contribution in [-0.2, 0) is 16.0 Å². The number of amides is 1. The highest BCUT2D eigenvalue weighted by Crippen LogP contribution is 2.46. The second kappa shape index (κ2) is 9.81. The Bertz CT molecular complexity index is 1410. The van der Waals surface area contributed by atoms with Crippen LogP contribution in [0.4, 0.5) is 4.39 Å². The first-order chi connectivity index (χ1) is 17.7. The zero-order valence-electron chi connectivity index (χ0n) is 21.2. The number of aryl methyl sites for hydroxylation is 2. The molecule has 1 fully saturated rings. The number of nitrogens with zero attached hydrogens (tertiary/aromatic N) is 6. The fourth-order valence-electron chi connectivity index (χ4n) is 4.69. The lowest BCUT2D eigenvalue weighted by Crippen LogP contribution is -2.56. The van der Waals surface area contributed by atoms with Gasteiger partial charge in [-0.25, -0.2) is 24.0 Å². The molecule has 192 valence electrons. The van der Waals surface area contributed by atoms with Crippen LogP contribution in [0.25, 0.3) is 5.82 Å². The van der Waals surface area contributed by atoms with E-state index in [4.69, 9.17) is 9.72 Å². The summed E-state index contributed by atoms with van der Waals surface area (Å²) in [5.74, 6) is 0.690. The molecule has 4 heterocycles. The molecule has 1 atom stereocenters. The van der Waals surface area contributed by atoms with Crippen LogP contribution in [0.3, 0.4) is 0 Å². The molecule has 0 saturated heterocycles. The number of methoxy groups -OCH3 is 1. The Kier molecular flexibility index (Phi) is 6.55. The van der Waals surface area contributed by atoms with Crippen LogP contribution in [0.1, 0.15) is 65.9 Å². The van der Waals surface area contributed by atoms with Gasteiger partial charge in [0.15, 0.2) is 11.6 Å². The number of carbonyl (C=O) groups is 1. The molecule has 11 heteroatoms. The maximum atomic E-state index is 13.3. The summed E-state index contributed by atoms with van der Waals surface area (Å²) in [4.78, 5) is 26.9. The van der Waals surface area contributed by atoms with Gasteiger partial charge in [-0.3, -0.25) is 9.89 Å². The van der Waals surface area contributed by atoms with Crippen LogP contribution in [0, 0.1) is 19.7 Å². The van der Waals surface area contributed by atoms with Crippen molar-refractivity contribution in [3.8, 4) is 5.82 Å². The van der Waals surface area contributed by atoms with E-state index in [0.29, 0.717) is 30.9 Å². The largest absolute Gasteiger partial charge is 0.368 e. The number of aromatic amines is 1. The van der Waals surface area contributed by atoms with Gasteiger partial charge in [-0.2, -0.15) is 10.2 Å². The van der Waals surface area contributed by atoms with Crippen LogP contribution in [0.2, 0.25) is 0 Å². The fraction of sp³-hybridized carbons (Fsp3) is 0.385. The lowest BCUT2D eigenvalue weighted by atomic mass is 9.68. The van der Waals surface area contributed by atoms with Crippen molar-refractivity contribution in [2.45, 2.75) is 57.6 Å². The van der Waals surface area contributed by atoms with Gasteiger partial charge in [-0.1, -0.05) is 6.07 Å². The highest BCUT2D eigenvalue weighted by molar-refractivity contribution is 5.87. The molecule has 5 rings (SSSR count). The molecule has 2 N–H and O–H groups in total. The number of ether oxygens (including phenoxy) is 1. The molecule has 37 heavy (non-hydrogen) atoms. The molecule has 0 aliphatic heterocycles. The number of halogens is 1. The molecule has 0 spiro atoms. The average molecular weight is 505 g/mol. The minimum Gasteiger partial charge on any atom is -0.368 e. The Labute approximate surface area is 213 Å². The summed E-state index contributed by atoms with van der Waals surface area (Å²) in [5, 5.41) is 14.2. The Balaban J connectivity index is 1.23. The smallest absolute Gasteiger partial charge is 0.252 e. The van der Waals surface area contributed by atoms with E-state index in [0.717, 1.165) is 34.5 Å². The first kappa shape index (κ1) is 24.7. The van der Waals surface area contributed by atoms with E-state index in [1.165, 1.54) is 10.9 Å². The molecular formula is C26H29FN8O2. The first-order valence-electron chi connectivity index (χ1n) is 12.1. The maximum Gasteiger partial charge on any atom is 0.252 e. The van der Waals surface area contributed by atoms with Crippen molar-refractivity contribution in [1.82, 2.24) is 40.2 Å². The molecule has 1 aliphatic carbocycles. The standard InChI is InChI=1S/C26H29FN8O2/c1-15-8-22(32-23(30-15)9-21-7-16(2)33-34-21)19-10-26(11-19,37-4)25(36)31-17(3)18-5-6-24(28-12-18)35-14-20(27)13-29-35/h5-8,12-14,17,19H,9-11H2,1-4H3,(H,31,36)(H,33,34)/t17-,19?,26?/m0/s1. The van der Waals surface area contributed by atoms with Crippen molar-refractivity contribution < 1.29 is 13.9 Å². The van der Waals surface area contributed by atoms with Gasteiger partial charge in [0.05, 0.1) is 30.6 Å². The lowest BCUT2D eigenvalue weighted by molar-refractivity contribution is -0.158. The Morgan fingerprint density at radius 3 is 2.70 bits per heavy atom. The number of pyridine rings is 1. The van der Waals surface area contributed by atoms with Crippen LogP contribution in [-0.4, -0.2) is 53.5 Å². The normalized spacial score (nSPS) is 19.9. The highest BCUT2D eigenvalue weighted by atomic mass is 19.1. The molecule has 1 saturated carbocycles. The molecule has 0 aromatic carbocycles. The zero-order chi connectivity index (χ0) is 26.2. The quantitative estimate of drug-likeness (QED) is 0.377. The number of hydrogen-bond acceptors (Lipinski definition) is 7. The molecule has 10 nitrogen and oxygen atoms in total. The molecule has 0 radical (unpaired) electrons. The van der Waals surface area contributed by atoms with Crippen LogP contribution in [0.15, 0.2) is 42.9 Å². The van der Waals surface area contributed by atoms with Gasteiger partial charge >= 0.3 is 0 Å². The Hall–Kier alpha value is -3.99. The van der Waals surface area contributed by atoms with Gasteiger partial charge in [-0.15, -0.1) is 0 Å². The van der Waals surface area contributed by atoms with Gasteiger partial charge < -0.3 is 10.1 Å². The lowest BCUT2D eigenvalue weighted by Gasteiger charge is -2.45. The monoisotopic (exact) mass is 504 g/mol. The summed E-state index contributed by atoms with van der Waals surface area (Å²) in [6, 6.07) is 7.23. The van der Waals surface area contributed by atoms with Crippen LogP contribution in [0.5, 0.6) is 0 Å². The Morgan fingerprint density at radius 2 is 2.08 bits per heavy atom. The minimum atomic E-state index is -0.919. The summed E-state index contributed by atoms with van der Waals surface area (Å²) in [6.45, 7) is 5.79. The van der Waals surface area contributed by atoms with Gasteiger partial charge in [0.1, 0.15) is 11.4 Å². The topological polar surface area (TPSA) is 124 Å². The van der Waals surface area contributed by atoms with E-state index in [1.807, 2.05) is 39.0 Å². The predicted molar refractivity (Wildman–Crippen MR) is 132 cm³/mol. The number of nitrogens with one attached hydrogen (secondary N) is 2. The number of carbonyl (C=O) groups excluding carboxylic acids is 1. The van der Waals surface area contributed by atoms with E-state index >= 15 is 0 Å². The molecule has 4 aromatic rings. The third-order valence-electron chi connectivity index (χ3n) is 6.80. The van der Waals surface area contributed by atoms with E-state index in [-0.39, 0.29) is 17.9 Å². The van der Waals surface area contributed by atoms with Crippen molar-refractivity contribution in [2.75, 3.05) is 7.11 Å². The molecule has 0 bridgehead atoms. The van der Waals surface area contributed by atoms with E-state index in [9.17, 15) is 9.18 Å². The number of aromatic nitrogens is 7. The summed E-state index contributed by atoms with van der Waals surface area (Å²) < 4.78 is 20.3. The summed E-state index contributed by atoms with van der Waals surface area (Å²) in [6.07, 6.45) is 5.63. The zero-order valence-corrected chi connectivity index (χ0v) is 21.2. The number of rotatable bonds is 8. The third-order valence-corrected chi connectivity index (χ3v) is 6.80. The van der Waals surface area contributed by atoms with Gasteiger partial charge in [0.2, 0.25) is 0 Å². The number of H-pyrrole nitrogens is 1. The molecular weight excluding hydrogens is 475 g/mol. The average Bonchev–Trinajstić information content (AvgIpc) is 3.46. The molecule has 4 aromatic heterocycles. The van der Waals surface area contributed by atoms with Crippen molar-refractivity contribution in [3.63, 3.8) is 0 Å². The SMILES string of the molecule is COC1(C(=O)N[C@@H](C)c2ccc(-n3cc(F)cn3)nc2)CC(c2cc(C)nc(Cc3cc(C)[nH]n3)n2)C1. The van der Waals surface area contributed by atoms with Crippen molar-refractivity contribution in [3.05, 3.63) is 82.8 Å². The fourth-order valence-corrected chi connectivity index (χ4v) is 4.69. The summed E-state index contributed by atoms with van der Waals surface area (Å²) in [5.41, 5.74) is 3.58. The van der Waals surface area contributed by atoms with Gasteiger partial charge in [0, 0.05) is 36.3 Å². The minimum absolute atomic E-state index is 0.0952. The highest BCUT2D eigenvalue weighted by Gasteiger charge is 2.52. The second-order valence-electron chi connectivity index (χ2n) is 9.62. The summed E-state index contributed by atoms with van der Waals surface area (Å²) >= 11 is 0. The molecule has 0 unspecified atom stereocenters. The van der Waals surface area contributed by atoms with Crippen LogP contribution >= 0.6 is 0 Å². The third kappa shape index (κ3) is 5.12. The molecule has 1 amide bonds. The second-order valence-corrected chi connectivity index (χ2v) is 9.62. The molecule has 1 aliphatic rings. The Morgan fingerprint density at radius 1 is 1.27 bits per heavy atom. The van der Waals surface area contributed by atoms with Gasteiger partial charge in [0.25, 0.3) is 5.91 Å². The number of hydrogen-bond donors (Lipinski definition) is 2. The van der Waals surface area contributed by atoms with E-state index < -0.39 is 11.4 Å². The first-order valence-corrected chi connectivity index (χ1v) is 12.1.